The first-order chi connectivity index (χ1) is 14.0. The molecule has 2 nitrogen and oxygen atoms in total. The fourth-order valence-corrected chi connectivity index (χ4v) is 4.23. The average Bonchev–Trinajstić information content (AvgIpc) is 3.13. The molecule has 2 aromatic carbocycles. The predicted octanol–water partition coefficient (Wildman–Crippen LogP) is 5.82. The van der Waals surface area contributed by atoms with Crippen LogP contribution in [0.3, 0.4) is 0 Å². The topological polar surface area (TPSA) is 34.1 Å². The van der Waals surface area contributed by atoms with Crippen LogP contribution in [0.4, 0.5) is 0 Å². The van der Waals surface area contributed by atoms with Crippen LogP contribution in [0.2, 0.25) is 0 Å². The Hall–Kier alpha value is -2.70. The zero-order valence-electron chi connectivity index (χ0n) is 15.8. The van der Waals surface area contributed by atoms with E-state index in [9.17, 15) is 9.59 Å². The van der Waals surface area contributed by atoms with Gasteiger partial charge in [0, 0.05) is 45.5 Å². The molecular formula is C24H16O2S3. The molecule has 0 unspecified atom stereocenters. The summed E-state index contributed by atoms with van der Waals surface area (Å²) >= 11 is 3.99. The quantitative estimate of drug-likeness (QED) is 0.377. The van der Waals surface area contributed by atoms with Crippen LogP contribution < -0.4 is 0 Å². The van der Waals surface area contributed by atoms with Crippen LogP contribution in [0, 0.1) is 23.7 Å². The van der Waals surface area contributed by atoms with Gasteiger partial charge < -0.3 is 0 Å². The second kappa shape index (κ2) is 10.2. The Morgan fingerprint density at radius 1 is 0.655 bits per heavy atom. The van der Waals surface area contributed by atoms with Crippen molar-refractivity contribution in [1.29, 1.82) is 0 Å². The van der Waals surface area contributed by atoms with Crippen LogP contribution in [-0.2, 0) is 9.59 Å². The van der Waals surface area contributed by atoms with Gasteiger partial charge in [-0.25, -0.2) is 0 Å². The Balaban J connectivity index is 1.72. The van der Waals surface area contributed by atoms with E-state index < -0.39 is 0 Å². The molecule has 0 aliphatic heterocycles. The van der Waals surface area contributed by atoms with Gasteiger partial charge in [-0.1, -0.05) is 47.2 Å². The van der Waals surface area contributed by atoms with E-state index in [1.807, 2.05) is 59.3 Å². The number of carbonyl (C=O) groups excluding carboxylic acids is 2. The van der Waals surface area contributed by atoms with Crippen molar-refractivity contribution < 1.29 is 9.59 Å². The highest BCUT2D eigenvalue weighted by Gasteiger charge is 2.00. The summed E-state index contributed by atoms with van der Waals surface area (Å²) in [5, 5.41) is 4.11. The Kier molecular flexibility index (Phi) is 7.38. The Bertz CT molecular complexity index is 1060. The van der Waals surface area contributed by atoms with Gasteiger partial charge in [-0.2, -0.15) is 0 Å². The molecular weight excluding hydrogens is 416 g/mol. The lowest BCUT2D eigenvalue weighted by atomic mass is 10.1. The standard InChI is InChI=1S/C24H16O2S3/c1-17(25)28-23-11-5-19(6-12-23)3-9-21-15-27-16-22(21)10-4-20-7-13-24(14-8-20)29-18(2)26/h5-8,11-16H,1-2H3. The van der Waals surface area contributed by atoms with E-state index in [0.717, 1.165) is 32.0 Å². The summed E-state index contributed by atoms with van der Waals surface area (Å²) in [5.41, 5.74) is 3.57. The molecule has 0 N–H and O–H groups in total. The molecule has 0 amide bonds. The molecule has 5 heteroatoms. The number of carbonyl (C=O) groups is 2. The van der Waals surface area contributed by atoms with Gasteiger partial charge in [0.15, 0.2) is 10.2 Å². The molecule has 0 aliphatic rings. The molecule has 142 valence electrons. The lowest BCUT2D eigenvalue weighted by Crippen LogP contribution is -1.82. The van der Waals surface area contributed by atoms with E-state index >= 15 is 0 Å². The van der Waals surface area contributed by atoms with Crippen LogP contribution in [0.1, 0.15) is 36.1 Å². The molecule has 0 fully saturated rings. The zero-order valence-corrected chi connectivity index (χ0v) is 18.3. The molecule has 0 bridgehead atoms. The minimum Gasteiger partial charge on any atom is -0.287 e. The fraction of sp³-hybridized carbons (Fsp3) is 0.0833. The highest BCUT2D eigenvalue weighted by Crippen LogP contribution is 2.20. The third-order valence-electron chi connectivity index (χ3n) is 3.58. The summed E-state index contributed by atoms with van der Waals surface area (Å²) in [6.45, 7) is 3.11. The molecule has 0 spiro atoms. The molecule has 1 heterocycles. The van der Waals surface area contributed by atoms with Gasteiger partial charge in [0.25, 0.3) is 0 Å². The summed E-state index contributed by atoms with van der Waals surface area (Å²) in [6.07, 6.45) is 0. The minimum absolute atomic E-state index is 0.0672. The van der Waals surface area contributed by atoms with Crippen molar-refractivity contribution in [3.8, 4) is 23.7 Å². The number of rotatable bonds is 2. The van der Waals surface area contributed by atoms with Crippen LogP contribution in [0.5, 0.6) is 0 Å². The van der Waals surface area contributed by atoms with E-state index in [1.54, 1.807) is 25.2 Å². The number of hydrogen-bond donors (Lipinski definition) is 0. The molecule has 1 aromatic heterocycles. The average molecular weight is 433 g/mol. The number of thiophene rings is 1. The number of benzene rings is 2. The normalized spacial score (nSPS) is 9.72. The summed E-state index contributed by atoms with van der Waals surface area (Å²) in [7, 11) is 0. The maximum Gasteiger partial charge on any atom is 0.190 e. The molecule has 29 heavy (non-hydrogen) atoms. The molecule has 0 saturated heterocycles. The van der Waals surface area contributed by atoms with Gasteiger partial charge in [0.05, 0.1) is 11.1 Å². The van der Waals surface area contributed by atoms with E-state index in [-0.39, 0.29) is 10.2 Å². The predicted molar refractivity (Wildman–Crippen MR) is 122 cm³/mol. The van der Waals surface area contributed by atoms with Crippen molar-refractivity contribution in [1.82, 2.24) is 0 Å². The van der Waals surface area contributed by atoms with Gasteiger partial charge in [0.2, 0.25) is 0 Å². The lowest BCUT2D eigenvalue weighted by Gasteiger charge is -1.97. The van der Waals surface area contributed by atoms with E-state index in [2.05, 4.69) is 23.7 Å². The van der Waals surface area contributed by atoms with Gasteiger partial charge >= 0.3 is 0 Å². The van der Waals surface area contributed by atoms with E-state index in [4.69, 9.17) is 0 Å². The monoisotopic (exact) mass is 432 g/mol. The van der Waals surface area contributed by atoms with Gasteiger partial charge in [-0.15, -0.1) is 11.3 Å². The van der Waals surface area contributed by atoms with Crippen LogP contribution in [0.15, 0.2) is 69.1 Å². The Morgan fingerprint density at radius 2 is 1.03 bits per heavy atom. The van der Waals surface area contributed by atoms with Gasteiger partial charge in [-0.05, 0) is 48.5 Å². The van der Waals surface area contributed by atoms with Crippen molar-refractivity contribution in [2.24, 2.45) is 0 Å². The molecule has 0 atom stereocenters. The molecule has 0 saturated carbocycles. The van der Waals surface area contributed by atoms with Gasteiger partial charge in [-0.3, -0.25) is 9.59 Å². The SMILES string of the molecule is CC(=O)Sc1ccc(C#Cc2cscc2C#Cc2ccc(SC(C)=O)cc2)cc1. The number of thioether (sulfide) groups is 2. The third kappa shape index (κ3) is 6.69. The highest BCUT2D eigenvalue weighted by molar-refractivity contribution is 8.13. The summed E-state index contributed by atoms with van der Waals surface area (Å²) in [4.78, 5) is 24.1. The third-order valence-corrected chi connectivity index (χ3v) is 5.91. The molecule has 3 rings (SSSR count). The maximum atomic E-state index is 11.1. The second-order valence-corrected chi connectivity index (χ2v) is 9.18. The van der Waals surface area contributed by atoms with E-state index in [1.165, 1.54) is 23.5 Å². The first-order valence-electron chi connectivity index (χ1n) is 8.67. The van der Waals surface area contributed by atoms with Crippen molar-refractivity contribution in [3.05, 3.63) is 81.5 Å². The molecule has 0 radical (unpaired) electrons. The van der Waals surface area contributed by atoms with Crippen molar-refractivity contribution >= 4 is 45.1 Å². The fourth-order valence-electron chi connectivity index (χ4n) is 2.31. The highest BCUT2D eigenvalue weighted by atomic mass is 32.2. The first-order valence-corrected chi connectivity index (χ1v) is 11.2. The van der Waals surface area contributed by atoms with E-state index in [0.29, 0.717) is 0 Å². The van der Waals surface area contributed by atoms with Crippen LogP contribution in [-0.4, -0.2) is 10.2 Å². The Labute approximate surface area is 183 Å². The van der Waals surface area contributed by atoms with Crippen molar-refractivity contribution in [2.75, 3.05) is 0 Å². The molecule has 0 aliphatic carbocycles. The lowest BCUT2D eigenvalue weighted by molar-refractivity contribution is -0.109. The van der Waals surface area contributed by atoms with Crippen LogP contribution in [0.25, 0.3) is 0 Å². The Morgan fingerprint density at radius 3 is 1.38 bits per heavy atom. The smallest absolute Gasteiger partial charge is 0.190 e. The number of hydrogen-bond acceptors (Lipinski definition) is 5. The minimum atomic E-state index is 0.0672. The van der Waals surface area contributed by atoms with Crippen molar-refractivity contribution in [3.63, 3.8) is 0 Å². The van der Waals surface area contributed by atoms with Crippen LogP contribution >= 0.6 is 34.9 Å². The van der Waals surface area contributed by atoms with Crippen molar-refractivity contribution in [2.45, 2.75) is 23.6 Å². The second-order valence-electron chi connectivity index (χ2n) is 5.94. The molecule has 3 aromatic rings. The summed E-state index contributed by atoms with van der Waals surface area (Å²) in [5.74, 6) is 12.7. The summed E-state index contributed by atoms with van der Waals surface area (Å²) < 4.78 is 0. The largest absolute Gasteiger partial charge is 0.287 e. The zero-order chi connectivity index (χ0) is 20.6. The summed E-state index contributed by atoms with van der Waals surface area (Å²) in [6, 6.07) is 15.3. The van der Waals surface area contributed by atoms with Gasteiger partial charge in [0.1, 0.15) is 0 Å². The first kappa shape index (κ1) is 21.0. The maximum absolute atomic E-state index is 11.1.